The van der Waals surface area contributed by atoms with Crippen LogP contribution in [0.4, 0.5) is 0 Å². The normalized spacial score (nSPS) is 28.8. The number of nitrogens with zero attached hydrogens (tertiary/aromatic N) is 3. The lowest BCUT2D eigenvalue weighted by atomic mass is 9.69. The summed E-state index contributed by atoms with van der Waals surface area (Å²) in [5.74, 6) is 1.96. The molecule has 0 spiro atoms. The SMILES string of the molecule is CC1CCC(CN)(Cc2ncnn2C(C)C)CC1. The summed E-state index contributed by atoms with van der Waals surface area (Å²) in [6.07, 6.45) is 7.71. The summed E-state index contributed by atoms with van der Waals surface area (Å²) in [5.41, 5.74) is 6.33. The Kier molecular flexibility index (Phi) is 4.05. The van der Waals surface area contributed by atoms with Crippen LogP contribution >= 0.6 is 0 Å². The van der Waals surface area contributed by atoms with Crippen LogP contribution in [0.3, 0.4) is 0 Å². The fourth-order valence-corrected chi connectivity index (χ4v) is 2.99. The highest BCUT2D eigenvalue weighted by atomic mass is 15.3. The summed E-state index contributed by atoms with van der Waals surface area (Å²) >= 11 is 0. The summed E-state index contributed by atoms with van der Waals surface area (Å²) in [7, 11) is 0. The van der Waals surface area contributed by atoms with Crippen LogP contribution in [-0.2, 0) is 6.42 Å². The molecule has 4 heteroatoms. The van der Waals surface area contributed by atoms with Gasteiger partial charge in [0.05, 0.1) is 0 Å². The van der Waals surface area contributed by atoms with Crippen molar-refractivity contribution in [1.82, 2.24) is 14.8 Å². The van der Waals surface area contributed by atoms with Crippen molar-refractivity contribution in [2.75, 3.05) is 6.54 Å². The Balaban J connectivity index is 2.12. The van der Waals surface area contributed by atoms with Gasteiger partial charge in [-0.15, -0.1) is 0 Å². The lowest BCUT2D eigenvalue weighted by Gasteiger charge is -2.38. The average molecular weight is 250 g/mol. The molecule has 1 aromatic heterocycles. The van der Waals surface area contributed by atoms with Gasteiger partial charge in [-0.25, -0.2) is 9.67 Å². The first-order valence-corrected chi connectivity index (χ1v) is 7.15. The van der Waals surface area contributed by atoms with Gasteiger partial charge >= 0.3 is 0 Å². The molecule has 0 saturated heterocycles. The van der Waals surface area contributed by atoms with Gasteiger partial charge in [-0.3, -0.25) is 0 Å². The van der Waals surface area contributed by atoms with Crippen LogP contribution in [0.15, 0.2) is 6.33 Å². The number of nitrogens with two attached hydrogens (primary N) is 1. The van der Waals surface area contributed by atoms with Crippen LogP contribution < -0.4 is 5.73 Å². The molecule has 0 atom stereocenters. The van der Waals surface area contributed by atoms with Gasteiger partial charge in [-0.2, -0.15) is 5.10 Å². The number of rotatable bonds is 4. The molecule has 0 aliphatic heterocycles. The first-order chi connectivity index (χ1) is 8.56. The van der Waals surface area contributed by atoms with Crippen LogP contribution in [0.2, 0.25) is 0 Å². The molecule has 1 heterocycles. The van der Waals surface area contributed by atoms with Crippen molar-refractivity contribution >= 4 is 0 Å². The van der Waals surface area contributed by atoms with Crippen LogP contribution in [-0.4, -0.2) is 21.3 Å². The van der Waals surface area contributed by atoms with Crippen molar-refractivity contribution in [3.8, 4) is 0 Å². The lowest BCUT2D eigenvalue weighted by Crippen LogP contribution is -2.37. The summed E-state index contributed by atoms with van der Waals surface area (Å²) in [6.45, 7) is 7.41. The molecule has 2 rings (SSSR count). The largest absolute Gasteiger partial charge is 0.330 e. The van der Waals surface area contributed by atoms with Gasteiger partial charge in [0.15, 0.2) is 0 Å². The number of hydrogen-bond donors (Lipinski definition) is 1. The quantitative estimate of drug-likeness (QED) is 0.893. The zero-order valence-corrected chi connectivity index (χ0v) is 11.9. The van der Waals surface area contributed by atoms with Crippen molar-refractivity contribution < 1.29 is 0 Å². The molecular weight excluding hydrogens is 224 g/mol. The molecule has 0 bridgehead atoms. The summed E-state index contributed by atoms with van der Waals surface area (Å²) in [6, 6.07) is 0.375. The van der Waals surface area contributed by atoms with Gasteiger partial charge in [0.2, 0.25) is 0 Å². The molecule has 1 aliphatic carbocycles. The van der Waals surface area contributed by atoms with Crippen molar-refractivity contribution in [1.29, 1.82) is 0 Å². The second-order valence-corrected chi connectivity index (χ2v) is 6.28. The molecule has 0 unspecified atom stereocenters. The van der Waals surface area contributed by atoms with E-state index in [2.05, 4.69) is 30.9 Å². The van der Waals surface area contributed by atoms with Crippen molar-refractivity contribution in [3.63, 3.8) is 0 Å². The Labute approximate surface area is 110 Å². The van der Waals surface area contributed by atoms with Crippen LogP contribution in [0.5, 0.6) is 0 Å². The van der Waals surface area contributed by atoms with Crippen LogP contribution in [0.25, 0.3) is 0 Å². The Hall–Kier alpha value is -0.900. The fraction of sp³-hybridized carbons (Fsp3) is 0.857. The standard InChI is InChI=1S/C14H26N4/c1-11(2)18-13(16-10-17-18)8-14(9-15)6-4-12(3)5-7-14/h10-12H,4-9,15H2,1-3H3. The second-order valence-electron chi connectivity index (χ2n) is 6.28. The van der Waals surface area contributed by atoms with E-state index in [1.807, 2.05) is 4.68 Å². The maximum Gasteiger partial charge on any atom is 0.138 e. The van der Waals surface area contributed by atoms with Gasteiger partial charge in [-0.05, 0) is 44.6 Å². The minimum Gasteiger partial charge on any atom is -0.330 e. The van der Waals surface area contributed by atoms with E-state index in [0.29, 0.717) is 6.04 Å². The van der Waals surface area contributed by atoms with Gasteiger partial charge in [-0.1, -0.05) is 19.8 Å². The maximum absolute atomic E-state index is 6.07. The monoisotopic (exact) mass is 250 g/mol. The minimum atomic E-state index is 0.256. The van der Waals surface area contributed by atoms with E-state index in [4.69, 9.17) is 5.73 Å². The Morgan fingerprint density at radius 1 is 1.44 bits per heavy atom. The van der Waals surface area contributed by atoms with Gasteiger partial charge < -0.3 is 5.73 Å². The lowest BCUT2D eigenvalue weighted by molar-refractivity contribution is 0.157. The molecule has 18 heavy (non-hydrogen) atoms. The zero-order chi connectivity index (χ0) is 13.2. The fourth-order valence-electron chi connectivity index (χ4n) is 2.99. The third-order valence-electron chi connectivity index (χ3n) is 4.44. The minimum absolute atomic E-state index is 0.256. The van der Waals surface area contributed by atoms with Crippen LogP contribution in [0, 0.1) is 11.3 Å². The molecule has 2 N–H and O–H groups in total. The van der Waals surface area contributed by atoms with E-state index in [1.165, 1.54) is 25.7 Å². The molecule has 0 aromatic carbocycles. The van der Waals surface area contributed by atoms with E-state index in [-0.39, 0.29) is 5.41 Å². The van der Waals surface area contributed by atoms with E-state index < -0.39 is 0 Å². The molecule has 102 valence electrons. The highest BCUT2D eigenvalue weighted by Crippen LogP contribution is 2.40. The summed E-state index contributed by atoms with van der Waals surface area (Å²) in [4.78, 5) is 4.44. The molecule has 4 nitrogen and oxygen atoms in total. The maximum atomic E-state index is 6.07. The first kappa shape index (κ1) is 13.5. The third-order valence-corrected chi connectivity index (χ3v) is 4.44. The Morgan fingerprint density at radius 3 is 2.67 bits per heavy atom. The zero-order valence-electron chi connectivity index (χ0n) is 11.9. The molecule has 1 aromatic rings. The Bertz CT molecular complexity index is 375. The highest BCUT2D eigenvalue weighted by molar-refractivity contribution is 4.97. The molecular formula is C14H26N4. The van der Waals surface area contributed by atoms with Crippen LogP contribution in [0.1, 0.15) is 58.3 Å². The smallest absolute Gasteiger partial charge is 0.138 e. The number of hydrogen-bond acceptors (Lipinski definition) is 3. The molecule has 0 radical (unpaired) electrons. The van der Waals surface area contributed by atoms with E-state index in [9.17, 15) is 0 Å². The average Bonchev–Trinajstić information content (AvgIpc) is 2.80. The predicted octanol–water partition coefficient (Wildman–Crippen LogP) is 2.56. The van der Waals surface area contributed by atoms with Gasteiger partial charge in [0.25, 0.3) is 0 Å². The second kappa shape index (κ2) is 5.39. The molecule has 0 amide bonds. The molecule has 1 saturated carbocycles. The predicted molar refractivity (Wildman–Crippen MR) is 73.2 cm³/mol. The van der Waals surface area contributed by atoms with E-state index in [1.54, 1.807) is 6.33 Å². The van der Waals surface area contributed by atoms with Crippen molar-refractivity contribution in [3.05, 3.63) is 12.2 Å². The molecule has 1 aliphatic rings. The van der Waals surface area contributed by atoms with Crippen molar-refractivity contribution in [2.45, 2.75) is 58.9 Å². The first-order valence-electron chi connectivity index (χ1n) is 7.15. The van der Waals surface area contributed by atoms with Gasteiger partial charge in [0, 0.05) is 12.5 Å². The molecule has 1 fully saturated rings. The summed E-state index contributed by atoms with van der Waals surface area (Å²) < 4.78 is 2.04. The third kappa shape index (κ3) is 2.74. The Morgan fingerprint density at radius 2 is 2.11 bits per heavy atom. The highest BCUT2D eigenvalue weighted by Gasteiger charge is 2.34. The van der Waals surface area contributed by atoms with E-state index >= 15 is 0 Å². The topological polar surface area (TPSA) is 56.7 Å². The summed E-state index contributed by atoms with van der Waals surface area (Å²) in [5, 5.41) is 4.33. The van der Waals surface area contributed by atoms with Crippen molar-refractivity contribution in [2.24, 2.45) is 17.1 Å². The van der Waals surface area contributed by atoms with E-state index in [0.717, 1.165) is 24.7 Å². The van der Waals surface area contributed by atoms with Gasteiger partial charge in [0.1, 0.15) is 12.2 Å². The number of aromatic nitrogens is 3.